The van der Waals surface area contributed by atoms with Gasteiger partial charge in [0.15, 0.2) is 6.10 Å². The van der Waals surface area contributed by atoms with Crippen molar-refractivity contribution >= 4 is 5.91 Å². The van der Waals surface area contributed by atoms with Crippen molar-refractivity contribution in [3.63, 3.8) is 0 Å². The molecule has 3 nitrogen and oxygen atoms in total. The maximum Gasteiger partial charge on any atom is 0.261 e. The van der Waals surface area contributed by atoms with Crippen molar-refractivity contribution in [1.29, 1.82) is 0 Å². The third kappa shape index (κ3) is 5.10. The third-order valence-electron chi connectivity index (χ3n) is 4.93. The van der Waals surface area contributed by atoms with E-state index in [0.717, 1.165) is 24.2 Å². The quantitative estimate of drug-likeness (QED) is 0.700. The smallest absolute Gasteiger partial charge is 0.261 e. The summed E-state index contributed by atoms with van der Waals surface area (Å²) in [6, 6.07) is 14.3. The fourth-order valence-corrected chi connectivity index (χ4v) is 2.96. The number of rotatable bonds is 8. The number of hydrogen-bond acceptors (Lipinski definition) is 2. The van der Waals surface area contributed by atoms with Gasteiger partial charge in [0.05, 0.1) is 6.04 Å². The van der Waals surface area contributed by atoms with Crippen LogP contribution in [0.3, 0.4) is 0 Å². The van der Waals surface area contributed by atoms with Crippen LogP contribution in [0.15, 0.2) is 42.5 Å². The highest BCUT2D eigenvalue weighted by atomic mass is 16.5. The van der Waals surface area contributed by atoms with Crippen LogP contribution in [0.5, 0.6) is 5.75 Å². The molecule has 0 heterocycles. The highest BCUT2D eigenvalue weighted by molar-refractivity contribution is 5.81. The monoisotopic (exact) mass is 353 g/mol. The molecule has 0 aliphatic carbocycles. The van der Waals surface area contributed by atoms with Crippen molar-refractivity contribution in [2.24, 2.45) is 0 Å². The topological polar surface area (TPSA) is 38.3 Å². The molecule has 0 saturated carbocycles. The molecule has 0 spiro atoms. The lowest BCUT2D eigenvalue weighted by Gasteiger charge is -2.23. The van der Waals surface area contributed by atoms with Crippen molar-refractivity contribution in [2.75, 3.05) is 0 Å². The van der Waals surface area contributed by atoms with Crippen LogP contribution in [0.1, 0.15) is 61.9 Å². The van der Waals surface area contributed by atoms with E-state index in [1.807, 2.05) is 31.2 Å². The number of amides is 1. The Bertz CT molecular complexity index is 721. The molecule has 0 unspecified atom stereocenters. The van der Waals surface area contributed by atoms with Crippen molar-refractivity contribution in [2.45, 2.75) is 66.0 Å². The summed E-state index contributed by atoms with van der Waals surface area (Å²) in [5.74, 6) is 0.681. The summed E-state index contributed by atoms with van der Waals surface area (Å²) < 4.78 is 5.94. The van der Waals surface area contributed by atoms with Gasteiger partial charge in [0.2, 0.25) is 0 Å². The van der Waals surface area contributed by atoms with Gasteiger partial charge in [-0.15, -0.1) is 0 Å². The molecule has 2 aromatic rings. The van der Waals surface area contributed by atoms with Crippen LogP contribution in [-0.2, 0) is 11.2 Å². The van der Waals surface area contributed by atoms with Gasteiger partial charge >= 0.3 is 0 Å². The van der Waals surface area contributed by atoms with E-state index in [0.29, 0.717) is 6.42 Å². The molecule has 0 aliphatic rings. The van der Waals surface area contributed by atoms with Gasteiger partial charge in [-0.25, -0.2) is 0 Å². The number of hydrogen-bond donors (Lipinski definition) is 1. The maximum absolute atomic E-state index is 12.8. The highest BCUT2D eigenvalue weighted by Crippen LogP contribution is 2.21. The fourth-order valence-electron chi connectivity index (χ4n) is 2.96. The van der Waals surface area contributed by atoms with Gasteiger partial charge in [-0.1, -0.05) is 51.1 Å². The van der Waals surface area contributed by atoms with Crippen molar-refractivity contribution in [1.82, 2.24) is 5.32 Å². The predicted molar refractivity (Wildman–Crippen MR) is 108 cm³/mol. The van der Waals surface area contributed by atoms with Gasteiger partial charge in [0, 0.05) is 0 Å². The van der Waals surface area contributed by atoms with E-state index in [9.17, 15) is 4.79 Å². The fraction of sp³-hybridized carbons (Fsp3) is 0.435. The van der Waals surface area contributed by atoms with E-state index in [2.05, 4.69) is 51.2 Å². The molecule has 0 saturated heterocycles. The lowest BCUT2D eigenvalue weighted by Crippen LogP contribution is -2.40. The second kappa shape index (κ2) is 9.42. The van der Waals surface area contributed by atoms with E-state index >= 15 is 0 Å². The van der Waals surface area contributed by atoms with Crippen LogP contribution in [0.25, 0.3) is 0 Å². The third-order valence-corrected chi connectivity index (χ3v) is 4.93. The summed E-state index contributed by atoms with van der Waals surface area (Å²) in [4.78, 5) is 12.8. The summed E-state index contributed by atoms with van der Waals surface area (Å²) >= 11 is 0. The first-order chi connectivity index (χ1) is 12.5. The minimum Gasteiger partial charge on any atom is -0.481 e. The van der Waals surface area contributed by atoms with Crippen LogP contribution >= 0.6 is 0 Å². The lowest BCUT2D eigenvalue weighted by atomic mass is 9.99. The Morgan fingerprint density at radius 3 is 2.19 bits per heavy atom. The van der Waals surface area contributed by atoms with E-state index in [4.69, 9.17) is 4.74 Å². The number of ether oxygens (including phenoxy) is 1. The van der Waals surface area contributed by atoms with Gasteiger partial charge in [-0.05, 0) is 67.5 Å². The minimum atomic E-state index is -0.483. The molecular formula is C23H31NO2. The van der Waals surface area contributed by atoms with Gasteiger partial charge in [-0.2, -0.15) is 0 Å². The van der Waals surface area contributed by atoms with Crippen molar-refractivity contribution in [3.8, 4) is 5.75 Å². The molecule has 0 aliphatic heterocycles. The average Bonchev–Trinajstić information content (AvgIpc) is 2.66. The zero-order valence-corrected chi connectivity index (χ0v) is 16.6. The molecule has 3 heteroatoms. The molecular weight excluding hydrogens is 322 g/mol. The van der Waals surface area contributed by atoms with Gasteiger partial charge in [-0.3, -0.25) is 4.79 Å². The summed E-state index contributed by atoms with van der Waals surface area (Å²) in [6.45, 7) is 10.4. The number of nitrogens with one attached hydrogen (secondary N) is 1. The number of benzene rings is 2. The molecule has 2 rings (SSSR count). The van der Waals surface area contributed by atoms with Crippen LogP contribution in [-0.4, -0.2) is 12.0 Å². The van der Waals surface area contributed by atoms with Crippen molar-refractivity contribution < 1.29 is 9.53 Å². The first-order valence-electron chi connectivity index (χ1n) is 9.61. The summed E-state index contributed by atoms with van der Waals surface area (Å²) in [6.07, 6.45) is 1.98. The van der Waals surface area contributed by atoms with E-state index < -0.39 is 6.10 Å². The van der Waals surface area contributed by atoms with Crippen LogP contribution in [0, 0.1) is 13.8 Å². The zero-order valence-electron chi connectivity index (χ0n) is 16.6. The van der Waals surface area contributed by atoms with Crippen LogP contribution in [0.4, 0.5) is 0 Å². The molecule has 1 amide bonds. The molecule has 0 bridgehead atoms. The molecule has 0 aromatic heterocycles. The maximum atomic E-state index is 12.8. The highest BCUT2D eigenvalue weighted by Gasteiger charge is 2.22. The number of aryl methyl sites for hydroxylation is 3. The second-order valence-electron chi connectivity index (χ2n) is 6.83. The minimum absolute atomic E-state index is 0.00178. The standard InChI is InChI=1S/C23H31NO2/c1-6-18-10-13-20(14-11-18)26-22(8-3)23(25)24-21(7-2)19-12-9-16(4)17(5)15-19/h9-15,21-22H,6-8H2,1-5H3,(H,24,25)/t21-,22-/m1/s1. The van der Waals surface area contributed by atoms with E-state index in [1.165, 1.54) is 16.7 Å². The molecule has 0 fully saturated rings. The predicted octanol–water partition coefficient (Wildman–Crippen LogP) is 5.29. The Morgan fingerprint density at radius 1 is 0.962 bits per heavy atom. The average molecular weight is 354 g/mol. The number of carbonyl (C=O) groups excluding carboxylic acids is 1. The Hall–Kier alpha value is -2.29. The molecule has 2 aromatic carbocycles. The summed E-state index contributed by atoms with van der Waals surface area (Å²) in [7, 11) is 0. The van der Waals surface area contributed by atoms with E-state index in [1.54, 1.807) is 0 Å². The SMILES string of the molecule is CCc1ccc(O[C@H](CC)C(=O)N[C@H](CC)c2ccc(C)c(C)c2)cc1. The lowest BCUT2D eigenvalue weighted by molar-refractivity contribution is -0.128. The largest absolute Gasteiger partial charge is 0.481 e. The first kappa shape index (κ1) is 20.0. The Morgan fingerprint density at radius 2 is 1.65 bits per heavy atom. The Kier molecular flexibility index (Phi) is 7.26. The number of carbonyl (C=O) groups is 1. The van der Waals surface area contributed by atoms with Gasteiger partial charge in [0.25, 0.3) is 5.91 Å². The summed E-state index contributed by atoms with van der Waals surface area (Å²) in [5, 5.41) is 3.16. The van der Waals surface area contributed by atoms with Crippen LogP contribution in [0.2, 0.25) is 0 Å². The molecule has 1 N–H and O–H groups in total. The van der Waals surface area contributed by atoms with Gasteiger partial charge < -0.3 is 10.1 Å². The van der Waals surface area contributed by atoms with E-state index in [-0.39, 0.29) is 11.9 Å². The second-order valence-corrected chi connectivity index (χ2v) is 6.83. The Balaban J connectivity index is 2.06. The normalized spacial score (nSPS) is 13.1. The van der Waals surface area contributed by atoms with Crippen molar-refractivity contribution in [3.05, 3.63) is 64.7 Å². The van der Waals surface area contributed by atoms with Crippen LogP contribution < -0.4 is 10.1 Å². The molecule has 140 valence electrons. The Labute approximate surface area is 157 Å². The first-order valence-corrected chi connectivity index (χ1v) is 9.61. The molecule has 26 heavy (non-hydrogen) atoms. The van der Waals surface area contributed by atoms with Gasteiger partial charge in [0.1, 0.15) is 5.75 Å². The molecule has 2 atom stereocenters. The molecule has 0 radical (unpaired) electrons. The zero-order chi connectivity index (χ0) is 19.1. The summed E-state index contributed by atoms with van der Waals surface area (Å²) in [5.41, 5.74) is 4.91.